The molecule has 47 heavy (non-hydrogen) atoms. The molecule has 1 aliphatic rings. The summed E-state index contributed by atoms with van der Waals surface area (Å²) in [4.78, 5) is 0. The quantitative estimate of drug-likeness (QED) is 0.173. The fraction of sp³-hybridized carbons (Fsp3) is 0.135. The highest BCUT2D eigenvalue weighted by Crippen LogP contribution is 2.47. The molecule has 10 heteroatoms. The molecule has 0 saturated carbocycles. The molecule has 0 atom stereocenters. The van der Waals surface area contributed by atoms with Gasteiger partial charge in [-0.15, -0.1) is 0 Å². The Morgan fingerprint density at radius 3 is 1.68 bits per heavy atom. The lowest BCUT2D eigenvalue weighted by molar-refractivity contribution is -0.143. The van der Waals surface area contributed by atoms with Gasteiger partial charge in [0.05, 0.1) is 16.8 Å². The lowest BCUT2D eigenvalue weighted by Crippen LogP contribution is -2.21. The minimum absolute atomic E-state index is 0.146. The van der Waals surface area contributed by atoms with Crippen LogP contribution in [0.25, 0.3) is 54.6 Å². The molecule has 0 radical (unpaired) electrons. The van der Waals surface area contributed by atoms with Crippen LogP contribution in [-0.4, -0.2) is 6.54 Å². The van der Waals surface area contributed by atoms with Crippen LogP contribution in [0.15, 0.2) is 118 Å². The van der Waals surface area contributed by atoms with E-state index in [1.807, 2.05) is 77.5 Å². The maximum absolute atomic E-state index is 13.7. The van der Waals surface area contributed by atoms with Gasteiger partial charge in [-0.3, -0.25) is 4.67 Å². The molecule has 2 heterocycles. The molecule has 0 bridgehead atoms. The first-order valence-corrected chi connectivity index (χ1v) is 16.1. The van der Waals surface area contributed by atoms with Crippen molar-refractivity contribution in [3.8, 4) is 11.1 Å². The molecule has 6 aromatic carbocycles. The van der Waals surface area contributed by atoms with Gasteiger partial charge in [0.15, 0.2) is 0 Å². The van der Waals surface area contributed by atoms with Crippen LogP contribution in [0.5, 0.6) is 0 Å². The first kappa shape index (κ1) is 29.5. The number of aryl methyl sites for hydroxylation is 1. The zero-order chi connectivity index (χ0) is 32.5. The summed E-state index contributed by atoms with van der Waals surface area (Å²) >= 11 is 0. The van der Waals surface area contributed by atoms with Gasteiger partial charge in [0.1, 0.15) is 11.2 Å². The number of fused-ring (bicyclic) bond motifs is 8. The molecule has 1 aromatic heterocycles. The summed E-state index contributed by atoms with van der Waals surface area (Å²) in [5.41, 5.74) is 0.145. The molecule has 0 amide bonds. The van der Waals surface area contributed by atoms with E-state index >= 15 is 0 Å². The van der Waals surface area contributed by atoms with Crippen LogP contribution >= 0.6 is 8.16 Å². The number of anilines is 1. The zero-order valence-corrected chi connectivity index (χ0v) is 25.4. The van der Waals surface area contributed by atoms with Gasteiger partial charge >= 0.3 is 20.5 Å². The molecule has 8 rings (SSSR count). The van der Waals surface area contributed by atoms with E-state index in [9.17, 15) is 26.3 Å². The smallest absolute Gasteiger partial charge is 0.404 e. The minimum Gasteiger partial charge on any atom is -0.404 e. The summed E-state index contributed by atoms with van der Waals surface area (Å²) < 4.78 is 97.6. The van der Waals surface area contributed by atoms with E-state index < -0.39 is 31.6 Å². The van der Waals surface area contributed by atoms with Crippen molar-refractivity contribution in [2.45, 2.75) is 25.2 Å². The van der Waals surface area contributed by atoms with Gasteiger partial charge in [0.25, 0.3) is 0 Å². The Hall–Kier alpha value is -4.88. The third-order valence-corrected chi connectivity index (χ3v) is 10.2. The van der Waals surface area contributed by atoms with E-state index in [1.54, 1.807) is 18.2 Å². The van der Waals surface area contributed by atoms with Gasteiger partial charge in [-0.05, 0) is 87.5 Å². The van der Waals surface area contributed by atoms with Crippen LogP contribution in [0, 0.1) is 0 Å². The maximum atomic E-state index is 13.7. The highest BCUT2D eigenvalue weighted by atomic mass is 31.1. The molecule has 7 aromatic rings. The molecule has 0 N–H and O–H groups in total. The number of halogens is 6. The molecule has 236 valence electrons. The number of alkyl halides is 6. The van der Waals surface area contributed by atoms with E-state index in [2.05, 4.69) is 0 Å². The largest absolute Gasteiger partial charge is 0.416 e. The number of hydrogen-bond acceptors (Lipinski definition) is 3. The SMILES string of the molecule is FC(F)(F)c1cc(-c2ccc3c(c2)N(p2oc4ccc5ccccc5c4c4c(ccc5ccccc54)o2)CCC3)cc(C(F)(F)F)c1. The molecule has 0 unspecified atom stereocenters. The van der Waals surface area contributed by atoms with Crippen molar-refractivity contribution in [1.82, 2.24) is 0 Å². The molecule has 3 nitrogen and oxygen atoms in total. The third-order valence-electron chi connectivity index (χ3n) is 8.68. The molecule has 0 saturated heterocycles. The van der Waals surface area contributed by atoms with Gasteiger partial charge in [-0.1, -0.05) is 72.8 Å². The van der Waals surface area contributed by atoms with Crippen molar-refractivity contribution < 1.29 is 34.7 Å². The van der Waals surface area contributed by atoms with Crippen molar-refractivity contribution in [3.05, 3.63) is 126 Å². The third kappa shape index (κ3) is 5.19. The standard InChI is InChI=1S/C37H24F6NO2P/c38-36(39,40)27-18-26(19-28(21-27)37(41,42)43)25-12-11-24-8-5-17-44(31(24)20-25)47-45-32-15-13-22-6-1-3-9-29(22)34(32)35-30-10-4-2-7-23(30)14-16-33(35)46-47/h1-4,6-7,9-16,18-21H,5,8,17H2. The Bertz CT molecular complexity index is 2270. The second kappa shape index (κ2) is 10.8. The van der Waals surface area contributed by atoms with Crippen molar-refractivity contribution >= 4 is 57.3 Å². The zero-order valence-electron chi connectivity index (χ0n) is 24.5. The molecule has 0 spiro atoms. The Labute approximate surface area is 265 Å². The fourth-order valence-electron chi connectivity index (χ4n) is 6.48. The summed E-state index contributed by atoms with van der Waals surface area (Å²) in [6, 6.07) is 30.6. The molecular formula is C37H24F6NO2P. The van der Waals surface area contributed by atoms with E-state index in [4.69, 9.17) is 8.39 Å². The topological polar surface area (TPSA) is 29.5 Å². The summed E-state index contributed by atoms with van der Waals surface area (Å²) in [6.07, 6.45) is -8.45. The van der Waals surface area contributed by atoms with E-state index in [0.717, 1.165) is 56.4 Å². The van der Waals surface area contributed by atoms with Crippen molar-refractivity contribution in [2.24, 2.45) is 0 Å². The van der Waals surface area contributed by atoms with Crippen LogP contribution in [-0.2, 0) is 18.8 Å². The molecule has 0 aliphatic carbocycles. The summed E-state index contributed by atoms with van der Waals surface area (Å²) in [5.74, 6) is 0. The second-order valence-electron chi connectivity index (χ2n) is 11.6. The maximum Gasteiger partial charge on any atom is 0.416 e. The van der Waals surface area contributed by atoms with Gasteiger partial charge < -0.3 is 8.39 Å². The summed E-state index contributed by atoms with van der Waals surface area (Å²) in [7, 11) is -1.84. The summed E-state index contributed by atoms with van der Waals surface area (Å²) in [5, 5.41) is 5.85. The van der Waals surface area contributed by atoms with Crippen molar-refractivity contribution in [3.63, 3.8) is 0 Å². The molecular weight excluding hydrogens is 635 g/mol. The van der Waals surface area contributed by atoms with Gasteiger partial charge in [0, 0.05) is 17.3 Å². The Kier molecular flexibility index (Phi) is 6.81. The van der Waals surface area contributed by atoms with Crippen molar-refractivity contribution in [2.75, 3.05) is 11.2 Å². The minimum atomic E-state index is -4.95. The normalized spacial score (nSPS) is 13.9. The van der Waals surface area contributed by atoms with Crippen LogP contribution in [0.4, 0.5) is 32.0 Å². The van der Waals surface area contributed by atoms with Crippen LogP contribution in [0.2, 0.25) is 0 Å². The molecule has 0 fully saturated rings. The van der Waals surface area contributed by atoms with Gasteiger partial charge in [-0.2, -0.15) is 26.3 Å². The number of benzene rings is 6. The number of hydrogen-bond donors (Lipinski definition) is 0. The lowest BCUT2D eigenvalue weighted by atomic mass is 9.95. The average molecular weight is 660 g/mol. The van der Waals surface area contributed by atoms with E-state index in [-0.39, 0.29) is 17.2 Å². The number of nitrogens with zero attached hydrogens (tertiary/aromatic N) is 1. The first-order valence-electron chi connectivity index (χ1n) is 14.9. The Morgan fingerprint density at radius 2 is 1.13 bits per heavy atom. The van der Waals surface area contributed by atoms with Crippen LogP contribution in [0.1, 0.15) is 23.1 Å². The van der Waals surface area contributed by atoms with Gasteiger partial charge in [0.2, 0.25) is 0 Å². The monoisotopic (exact) mass is 659 g/mol. The predicted octanol–water partition coefficient (Wildman–Crippen LogP) is 12.5. The Balaban J connectivity index is 1.37. The fourth-order valence-corrected chi connectivity index (χ4v) is 8.02. The molecule has 1 aliphatic heterocycles. The predicted molar refractivity (Wildman–Crippen MR) is 174 cm³/mol. The van der Waals surface area contributed by atoms with E-state index in [0.29, 0.717) is 29.8 Å². The van der Waals surface area contributed by atoms with Crippen LogP contribution < -0.4 is 4.67 Å². The average Bonchev–Trinajstić information content (AvgIpc) is 3.24. The number of rotatable bonds is 2. The highest BCUT2D eigenvalue weighted by Gasteiger charge is 2.37. The highest BCUT2D eigenvalue weighted by molar-refractivity contribution is 7.39. The second-order valence-corrected chi connectivity index (χ2v) is 12.9. The van der Waals surface area contributed by atoms with Crippen LogP contribution in [0.3, 0.4) is 0 Å². The Morgan fingerprint density at radius 1 is 0.574 bits per heavy atom. The first-order chi connectivity index (χ1) is 22.5. The van der Waals surface area contributed by atoms with Crippen molar-refractivity contribution in [1.29, 1.82) is 0 Å². The van der Waals surface area contributed by atoms with Gasteiger partial charge in [-0.25, -0.2) is 0 Å². The van der Waals surface area contributed by atoms with E-state index in [1.165, 1.54) is 0 Å². The lowest BCUT2D eigenvalue weighted by Gasteiger charge is -2.28. The summed E-state index contributed by atoms with van der Waals surface area (Å²) in [6.45, 7) is 0.518.